The van der Waals surface area contributed by atoms with E-state index in [1.54, 1.807) is 13.2 Å². The number of nitrogens with one attached hydrogen (secondary N) is 1. The second-order valence-electron chi connectivity index (χ2n) is 9.04. The van der Waals surface area contributed by atoms with E-state index in [1.165, 1.54) is 12.1 Å². The smallest absolute Gasteiger partial charge is 0.496 e. The number of fused-ring (bicyclic) bond motifs is 1. The third-order valence-electron chi connectivity index (χ3n) is 6.61. The number of carbonyl (C=O) groups is 1. The molecule has 0 radical (unpaired) electrons. The summed E-state index contributed by atoms with van der Waals surface area (Å²) in [6.07, 6.45) is -2.43. The van der Waals surface area contributed by atoms with E-state index in [-0.39, 0.29) is 17.4 Å². The molecule has 1 aliphatic heterocycles. The highest BCUT2D eigenvalue weighted by Gasteiger charge is 2.52. The minimum atomic E-state index is -3.68. The van der Waals surface area contributed by atoms with Gasteiger partial charge in [-0.05, 0) is 103 Å². The van der Waals surface area contributed by atoms with Crippen LogP contribution in [0.15, 0.2) is 48.5 Å². The summed E-state index contributed by atoms with van der Waals surface area (Å²) in [4.78, 5) is 13.3. The number of hydrogen-bond donors (Lipinski definition) is 1. The lowest BCUT2D eigenvalue weighted by Gasteiger charge is -2.18. The molecule has 1 N–H and O–H groups in total. The molecule has 0 aromatic heterocycles. The van der Waals surface area contributed by atoms with Gasteiger partial charge in [-0.3, -0.25) is 4.79 Å². The Morgan fingerprint density at radius 2 is 1.59 bits per heavy atom. The summed E-state index contributed by atoms with van der Waals surface area (Å²) in [5, 5.41) is 3.03. The van der Waals surface area contributed by atoms with Crippen LogP contribution in [0, 0.1) is 20.8 Å². The van der Waals surface area contributed by atoms with Crippen LogP contribution < -0.4 is 19.5 Å². The van der Waals surface area contributed by atoms with Crippen LogP contribution in [0.4, 0.5) is 14.5 Å². The normalized spacial score (nSPS) is 16.8. The van der Waals surface area contributed by atoms with Gasteiger partial charge in [-0.15, -0.1) is 8.78 Å². The molecule has 0 bridgehead atoms. The van der Waals surface area contributed by atoms with Crippen molar-refractivity contribution in [3.63, 3.8) is 0 Å². The molecule has 1 amide bonds. The third kappa shape index (κ3) is 3.75. The van der Waals surface area contributed by atoms with Crippen LogP contribution in [0.5, 0.6) is 17.2 Å². The molecular formula is C27H25F2NO4. The second-order valence-corrected chi connectivity index (χ2v) is 9.04. The van der Waals surface area contributed by atoms with Crippen molar-refractivity contribution in [3.8, 4) is 28.4 Å². The van der Waals surface area contributed by atoms with Gasteiger partial charge in [-0.1, -0.05) is 12.1 Å². The average Bonchev–Trinajstić information content (AvgIpc) is 3.52. The van der Waals surface area contributed by atoms with Crippen LogP contribution in [-0.4, -0.2) is 19.3 Å². The van der Waals surface area contributed by atoms with Crippen molar-refractivity contribution < 1.29 is 27.8 Å². The summed E-state index contributed by atoms with van der Waals surface area (Å²) in [5.41, 5.74) is 5.76. The maximum absolute atomic E-state index is 13.4. The fourth-order valence-electron chi connectivity index (χ4n) is 4.71. The summed E-state index contributed by atoms with van der Waals surface area (Å²) in [5.74, 6) is 0.612. The Morgan fingerprint density at radius 3 is 2.24 bits per heavy atom. The molecule has 34 heavy (non-hydrogen) atoms. The van der Waals surface area contributed by atoms with Gasteiger partial charge >= 0.3 is 6.29 Å². The molecule has 1 heterocycles. The zero-order valence-electron chi connectivity index (χ0n) is 19.4. The standard InChI is InChI=1S/C27H25F2NO4/c1-15-5-7-20(14-21(15)18-11-16(2)24(32-4)17(3)12-18)30-25(31)26(9-10-26)19-6-8-22-23(13-19)34-27(28,29)33-22/h5-8,11-14H,9-10H2,1-4H3,(H,30,31). The first-order valence-corrected chi connectivity index (χ1v) is 11.1. The van der Waals surface area contributed by atoms with Crippen molar-refractivity contribution in [2.75, 3.05) is 12.4 Å². The van der Waals surface area contributed by atoms with E-state index in [1.807, 2.05) is 39.0 Å². The van der Waals surface area contributed by atoms with Crippen molar-refractivity contribution in [2.45, 2.75) is 45.3 Å². The number of benzene rings is 3. The van der Waals surface area contributed by atoms with Crippen LogP contribution in [0.3, 0.4) is 0 Å². The summed E-state index contributed by atoms with van der Waals surface area (Å²) < 4.78 is 41.3. The number of anilines is 1. The fourth-order valence-corrected chi connectivity index (χ4v) is 4.71. The largest absolute Gasteiger partial charge is 0.586 e. The second kappa shape index (κ2) is 7.72. The number of alkyl halides is 2. The Hall–Kier alpha value is -3.61. The number of ether oxygens (including phenoxy) is 3. The summed E-state index contributed by atoms with van der Waals surface area (Å²) >= 11 is 0. The Bertz CT molecular complexity index is 1290. The fraction of sp³-hybridized carbons (Fsp3) is 0.296. The Morgan fingerprint density at radius 1 is 0.912 bits per heavy atom. The minimum Gasteiger partial charge on any atom is -0.496 e. The number of amides is 1. The molecule has 3 aromatic carbocycles. The van der Waals surface area contributed by atoms with Crippen molar-refractivity contribution in [3.05, 3.63) is 70.8 Å². The number of hydrogen-bond acceptors (Lipinski definition) is 4. The highest BCUT2D eigenvalue weighted by atomic mass is 19.3. The predicted octanol–water partition coefficient (Wildman–Crippen LogP) is 6.28. The highest BCUT2D eigenvalue weighted by molar-refractivity contribution is 6.02. The highest BCUT2D eigenvalue weighted by Crippen LogP contribution is 2.52. The van der Waals surface area contributed by atoms with Crippen LogP contribution >= 0.6 is 0 Å². The number of rotatable bonds is 5. The van der Waals surface area contributed by atoms with Gasteiger partial charge in [0.05, 0.1) is 12.5 Å². The molecule has 0 spiro atoms. The maximum atomic E-state index is 13.4. The van der Waals surface area contributed by atoms with Crippen molar-refractivity contribution in [1.29, 1.82) is 0 Å². The lowest BCUT2D eigenvalue weighted by Crippen LogP contribution is -2.28. The first-order valence-electron chi connectivity index (χ1n) is 11.1. The van der Waals surface area contributed by atoms with Crippen LogP contribution in [0.1, 0.15) is 35.1 Å². The van der Waals surface area contributed by atoms with Gasteiger partial charge in [0, 0.05) is 5.69 Å². The van der Waals surface area contributed by atoms with Gasteiger partial charge in [0.15, 0.2) is 11.5 Å². The molecule has 0 saturated heterocycles. The molecule has 0 unspecified atom stereocenters. The SMILES string of the molecule is COc1c(C)cc(-c2cc(NC(=O)C3(c4ccc5c(c4)OC(F)(F)O5)CC3)ccc2C)cc1C. The molecule has 7 heteroatoms. The van der Waals surface area contributed by atoms with Gasteiger partial charge in [0.2, 0.25) is 5.91 Å². The first-order chi connectivity index (χ1) is 16.1. The Labute approximate surface area is 196 Å². The predicted molar refractivity (Wildman–Crippen MR) is 125 cm³/mol. The van der Waals surface area contributed by atoms with E-state index in [0.717, 1.165) is 33.6 Å². The molecule has 0 atom stereocenters. The summed E-state index contributed by atoms with van der Waals surface area (Å²) in [6, 6.07) is 14.5. The van der Waals surface area contributed by atoms with E-state index >= 15 is 0 Å². The van der Waals surface area contributed by atoms with Crippen LogP contribution in [0.25, 0.3) is 11.1 Å². The average molecular weight is 465 g/mol. The monoisotopic (exact) mass is 465 g/mol. The Balaban J connectivity index is 1.41. The quantitative estimate of drug-likeness (QED) is 0.482. The van der Waals surface area contributed by atoms with Crippen molar-refractivity contribution >= 4 is 11.6 Å². The van der Waals surface area contributed by atoms with Gasteiger partial charge in [0.1, 0.15) is 5.75 Å². The van der Waals surface area contributed by atoms with Crippen molar-refractivity contribution in [1.82, 2.24) is 0 Å². The third-order valence-corrected chi connectivity index (χ3v) is 6.61. The number of aryl methyl sites for hydroxylation is 3. The van der Waals surface area contributed by atoms with E-state index in [0.29, 0.717) is 24.1 Å². The summed E-state index contributed by atoms with van der Waals surface area (Å²) in [7, 11) is 1.66. The molecule has 1 saturated carbocycles. The lowest BCUT2D eigenvalue weighted by molar-refractivity contribution is -0.286. The summed E-state index contributed by atoms with van der Waals surface area (Å²) in [6.45, 7) is 6.05. The van der Waals surface area contributed by atoms with Crippen LogP contribution in [-0.2, 0) is 10.2 Å². The molecule has 176 valence electrons. The van der Waals surface area contributed by atoms with Crippen LogP contribution in [0.2, 0.25) is 0 Å². The topological polar surface area (TPSA) is 56.8 Å². The van der Waals surface area contributed by atoms with Gasteiger partial charge in [-0.25, -0.2) is 0 Å². The number of halogens is 2. The Kier molecular flexibility index (Phi) is 5.04. The van der Waals surface area contributed by atoms with E-state index in [2.05, 4.69) is 26.9 Å². The molecule has 3 aromatic rings. The molecule has 2 aliphatic rings. The first kappa shape index (κ1) is 22.2. The zero-order chi connectivity index (χ0) is 24.3. The van der Waals surface area contributed by atoms with Gasteiger partial charge in [0.25, 0.3) is 0 Å². The number of carbonyl (C=O) groups excluding carboxylic acids is 1. The van der Waals surface area contributed by atoms with Gasteiger partial charge < -0.3 is 19.5 Å². The van der Waals surface area contributed by atoms with E-state index in [9.17, 15) is 13.6 Å². The molecular weight excluding hydrogens is 440 g/mol. The number of methoxy groups -OCH3 is 1. The van der Waals surface area contributed by atoms with Crippen molar-refractivity contribution in [2.24, 2.45) is 0 Å². The molecule has 5 rings (SSSR count). The molecule has 5 nitrogen and oxygen atoms in total. The molecule has 1 aliphatic carbocycles. The van der Waals surface area contributed by atoms with E-state index < -0.39 is 11.7 Å². The maximum Gasteiger partial charge on any atom is 0.586 e. The lowest BCUT2D eigenvalue weighted by atomic mass is 9.93. The zero-order valence-corrected chi connectivity index (χ0v) is 19.4. The minimum absolute atomic E-state index is 0.0294. The van der Waals surface area contributed by atoms with E-state index in [4.69, 9.17) is 4.74 Å². The van der Waals surface area contributed by atoms with Gasteiger partial charge in [-0.2, -0.15) is 0 Å². The molecule has 1 fully saturated rings.